The Bertz CT molecular complexity index is 1120. The number of benzene rings is 2. The van der Waals surface area contributed by atoms with Crippen molar-refractivity contribution in [3.63, 3.8) is 0 Å². The van der Waals surface area contributed by atoms with Crippen LogP contribution in [0.3, 0.4) is 0 Å². The van der Waals surface area contributed by atoms with Crippen molar-refractivity contribution in [1.82, 2.24) is 10.2 Å². The molecule has 0 radical (unpaired) electrons. The molecule has 0 aromatic heterocycles. The first kappa shape index (κ1) is 27.7. The Morgan fingerprint density at radius 1 is 1.12 bits per heavy atom. The second-order valence-electron chi connectivity index (χ2n) is 8.48. The molecular formula is C25H34ClN3O4S. The van der Waals surface area contributed by atoms with E-state index in [0.717, 1.165) is 34.5 Å². The van der Waals surface area contributed by atoms with E-state index in [1.165, 1.54) is 4.90 Å². The number of aryl methyl sites for hydroxylation is 1. The highest BCUT2D eigenvalue weighted by Gasteiger charge is 2.30. The first-order chi connectivity index (χ1) is 16.0. The van der Waals surface area contributed by atoms with E-state index in [2.05, 4.69) is 5.32 Å². The number of nitrogens with one attached hydrogen (secondary N) is 1. The summed E-state index contributed by atoms with van der Waals surface area (Å²) in [5.74, 6) is -0.760. The standard InChI is InChI=1S/C25H34ClN3O4S/c1-6-7-14-27-25(31)20(4)28(16-21-11-8-10-18(2)15-21)24(30)17-29(34(5,32)33)23-13-9-12-22(26)19(23)3/h8-13,15,20H,6-7,14,16-17H2,1-5H3,(H,27,31)/t20-/m1/s1. The third-order valence-electron chi connectivity index (χ3n) is 5.62. The molecule has 0 aliphatic carbocycles. The normalized spacial score (nSPS) is 12.2. The highest BCUT2D eigenvalue weighted by Crippen LogP contribution is 2.28. The molecule has 0 saturated heterocycles. The van der Waals surface area contributed by atoms with Gasteiger partial charge in [-0.15, -0.1) is 0 Å². The predicted molar refractivity (Wildman–Crippen MR) is 137 cm³/mol. The largest absolute Gasteiger partial charge is 0.354 e. The van der Waals surface area contributed by atoms with E-state index in [-0.39, 0.29) is 12.5 Å². The molecule has 0 saturated carbocycles. The number of anilines is 1. The number of rotatable bonds is 11. The lowest BCUT2D eigenvalue weighted by Crippen LogP contribution is -2.51. The van der Waals surface area contributed by atoms with Gasteiger partial charge in [0.25, 0.3) is 0 Å². The number of carbonyl (C=O) groups is 2. The fourth-order valence-electron chi connectivity index (χ4n) is 3.59. The van der Waals surface area contributed by atoms with E-state index in [1.807, 2.05) is 38.1 Å². The lowest BCUT2D eigenvalue weighted by Gasteiger charge is -2.32. The van der Waals surface area contributed by atoms with Gasteiger partial charge in [-0.25, -0.2) is 8.42 Å². The summed E-state index contributed by atoms with van der Waals surface area (Å²) in [6.07, 6.45) is 2.81. The molecule has 2 amide bonds. The zero-order valence-corrected chi connectivity index (χ0v) is 22.0. The minimum Gasteiger partial charge on any atom is -0.354 e. The fourth-order valence-corrected chi connectivity index (χ4v) is 4.66. The molecule has 186 valence electrons. The molecule has 1 atom stereocenters. The van der Waals surface area contributed by atoms with Gasteiger partial charge in [-0.05, 0) is 50.5 Å². The fraction of sp³-hybridized carbons (Fsp3) is 0.440. The van der Waals surface area contributed by atoms with Crippen molar-refractivity contribution in [2.24, 2.45) is 0 Å². The number of sulfonamides is 1. The van der Waals surface area contributed by atoms with Crippen molar-refractivity contribution in [3.05, 3.63) is 64.2 Å². The summed E-state index contributed by atoms with van der Waals surface area (Å²) in [5, 5.41) is 3.27. The second-order valence-corrected chi connectivity index (χ2v) is 10.8. The molecule has 1 N–H and O–H groups in total. The summed E-state index contributed by atoms with van der Waals surface area (Å²) in [6.45, 7) is 7.58. The van der Waals surface area contributed by atoms with Gasteiger partial charge in [0.05, 0.1) is 11.9 Å². The predicted octanol–water partition coefficient (Wildman–Crippen LogP) is 4.06. The second kappa shape index (κ2) is 12.2. The molecular weight excluding hydrogens is 474 g/mol. The average Bonchev–Trinajstić information content (AvgIpc) is 2.76. The number of carbonyl (C=O) groups excluding carboxylic acids is 2. The molecule has 2 aromatic carbocycles. The number of hydrogen-bond acceptors (Lipinski definition) is 4. The summed E-state index contributed by atoms with van der Waals surface area (Å²) in [5.41, 5.74) is 2.76. The highest BCUT2D eigenvalue weighted by molar-refractivity contribution is 7.92. The molecule has 0 aliphatic rings. The quantitative estimate of drug-likeness (QED) is 0.465. The molecule has 0 fully saturated rings. The van der Waals surface area contributed by atoms with Gasteiger partial charge in [-0.2, -0.15) is 0 Å². The van der Waals surface area contributed by atoms with Crippen LogP contribution in [0.15, 0.2) is 42.5 Å². The van der Waals surface area contributed by atoms with Crippen LogP contribution in [0.1, 0.15) is 43.4 Å². The summed E-state index contributed by atoms with van der Waals surface area (Å²) < 4.78 is 26.4. The Morgan fingerprint density at radius 2 is 1.79 bits per heavy atom. The zero-order valence-electron chi connectivity index (χ0n) is 20.5. The van der Waals surface area contributed by atoms with E-state index >= 15 is 0 Å². The molecule has 0 aliphatic heterocycles. The Hall–Kier alpha value is -2.58. The third-order valence-corrected chi connectivity index (χ3v) is 7.16. The van der Waals surface area contributed by atoms with Crippen LogP contribution in [0.4, 0.5) is 5.69 Å². The van der Waals surface area contributed by atoms with Crippen LogP contribution in [-0.2, 0) is 26.2 Å². The van der Waals surface area contributed by atoms with Gasteiger partial charge < -0.3 is 10.2 Å². The van der Waals surface area contributed by atoms with Crippen LogP contribution in [0, 0.1) is 13.8 Å². The number of halogens is 1. The Kier molecular flexibility index (Phi) is 9.94. The van der Waals surface area contributed by atoms with Crippen LogP contribution < -0.4 is 9.62 Å². The van der Waals surface area contributed by atoms with Crippen molar-refractivity contribution in [1.29, 1.82) is 0 Å². The Balaban J connectivity index is 2.39. The monoisotopic (exact) mass is 507 g/mol. The van der Waals surface area contributed by atoms with Gasteiger partial charge in [0.15, 0.2) is 0 Å². The number of nitrogens with zero attached hydrogens (tertiary/aromatic N) is 2. The number of unbranched alkanes of at least 4 members (excludes halogenated alkanes) is 1. The molecule has 0 unspecified atom stereocenters. The van der Waals surface area contributed by atoms with E-state index < -0.39 is 28.5 Å². The minimum atomic E-state index is -3.80. The first-order valence-corrected chi connectivity index (χ1v) is 13.5. The maximum absolute atomic E-state index is 13.5. The lowest BCUT2D eigenvalue weighted by atomic mass is 10.1. The van der Waals surface area contributed by atoms with E-state index in [1.54, 1.807) is 32.0 Å². The topological polar surface area (TPSA) is 86.8 Å². The molecule has 2 aromatic rings. The molecule has 7 nitrogen and oxygen atoms in total. The van der Waals surface area contributed by atoms with E-state index in [4.69, 9.17) is 11.6 Å². The van der Waals surface area contributed by atoms with Gasteiger partial charge in [-0.1, -0.05) is 60.8 Å². The van der Waals surface area contributed by atoms with Crippen LogP contribution in [0.2, 0.25) is 5.02 Å². The molecule has 0 heterocycles. The number of hydrogen-bond donors (Lipinski definition) is 1. The molecule has 34 heavy (non-hydrogen) atoms. The van der Waals surface area contributed by atoms with E-state index in [9.17, 15) is 18.0 Å². The summed E-state index contributed by atoms with van der Waals surface area (Å²) >= 11 is 6.21. The first-order valence-electron chi connectivity index (χ1n) is 11.3. The molecule has 2 rings (SSSR count). The van der Waals surface area contributed by atoms with Gasteiger partial charge in [-0.3, -0.25) is 13.9 Å². The van der Waals surface area contributed by atoms with Crippen molar-refractivity contribution in [3.8, 4) is 0 Å². The maximum Gasteiger partial charge on any atom is 0.244 e. The van der Waals surface area contributed by atoms with Gasteiger partial charge in [0.1, 0.15) is 12.6 Å². The zero-order chi connectivity index (χ0) is 25.5. The summed E-state index contributed by atoms with van der Waals surface area (Å²) in [4.78, 5) is 27.8. The van der Waals surface area contributed by atoms with E-state index in [0.29, 0.717) is 22.8 Å². The summed E-state index contributed by atoms with van der Waals surface area (Å²) in [7, 11) is -3.80. The van der Waals surface area contributed by atoms with Crippen molar-refractivity contribution >= 4 is 39.1 Å². The maximum atomic E-state index is 13.5. The average molecular weight is 508 g/mol. The number of amides is 2. The van der Waals surface area contributed by atoms with Gasteiger partial charge in [0.2, 0.25) is 21.8 Å². The van der Waals surface area contributed by atoms with Crippen molar-refractivity contribution in [2.45, 2.75) is 53.1 Å². The molecule has 0 spiro atoms. The molecule has 9 heteroatoms. The van der Waals surface area contributed by atoms with Gasteiger partial charge in [0, 0.05) is 18.1 Å². The molecule has 0 bridgehead atoms. The highest BCUT2D eigenvalue weighted by atomic mass is 35.5. The SMILES string of the molecule is CCCCNC(=O)[C@@H](C)N(Cc1cccc(C)c1)C(=O)CN(c1cccc(Cl)c1C)S(C)(=O)=O. The summed E-state index contributed by atoms with van der Waals surface area (Å²) in [6, 6.07) is 11.8. The Labute approximate surface area is 208 Å². The van der Waals surface area contributed by atoms with Crippen molar-refractivity contribution < 1.29 is 18.0 Å². The van der Waals surface area contributed by atoms with Crippen LogP contribution in [-0.4, -0.2) is 50.5 Å². The van der Waals surface area contributed by atoms with Gasteiger partial charge >= 0.3 is 0 Å². The third kappa shape index (κ3) is 7.46. The van der Waals surface area contributed by atoms with Crippen molar-refractivity contribution in [2.75, 3.05) is 23.7 Å². The lowest BCUT2D eigenvalue weighted by molar-refractivity contribution is -0.139. The van der Waals surface area contributed by atoms with Crippen LogP contribution in [0.25, 0.3) is 0 Å². The van der Waals surface area contributed by atoms with Crippen LogP contribution >= 0.6 is 11.6 Å². The smallest absolute Gasteiger partial charge is 0.244 e. The minimum absolute atomic E-state index is 0.176. The Morgan fingerprint density at radius 3 is 2.41 bits per heavy atom. The van der Waals surface area contributed by atoms with Crippen LogP contribution in [0.5, 0.6) is 0 Å².